The minimum absolute atomic E-state index is 0.160. The van der Waals surface area contributed by atoms with Crippen LogP contribution in [0.15, 0.2) is 15.7 Å². The summed E-state index contributed by atoms with van der Waals surface area (Å²) in [4.78, 5) is 0.160. The predicted molar refractivity (Wildman–Crippen MR) is 30.5 cm³/mol. The molecular weight excluding hydrogens is 156 g/mol. The van der Waals surface area contributed by atoms with Crippen molar-refractivity contribution in [2.24, 2.45) is 0 Å². The Labute approximate surface area is 57.1 Å². The molecule has 0 spiro atoms. The molecule has 10 heavy (non-hydrogen) atoms. The van der Waals surface area contributed by atoms with Crippen LogP contribution in [-0.4, -0.2) is 13.6 Å². The van der Waals surface area contributed by atoms with Crippen molar-refractivity contribution in [1.29, 1.82) is 0 Å². The van der Waals surface area contributed by atoms with E-state index in [9.17, 15) is 8.42 Å². The second-order valence-corrected chi connectivity index (χ2v) is 3.69. The molecule has 0 fully saturated rings. The van der Waals surface area contributed by atoms with Crippen molar-refractivity contribution in [1.82, 2.24) is 9.88 Å². The van der Waals surface area contributed by atoms with Crippen molar-refractivity contribution < 1.29 is 12.9 Å². The van der Waals surface area contributed by atoms with E-state index in [4.69, 9.17) is 0 Å². The lowest BCUT2D eigenvalue weighted by Crippen LogP contribution is -2.14. The molecule has 0 bridgehead atoms. The van der Waals surface area contributed by atoms with E-state index >= 15 is 0 Å². The SMILES string of the molecule is O=S1(=O)NCc2nocc21. The van der Waals surface area contributed by atoms with Crippen LogP contribution >= 0.6 is 0 Å². The first-order valence-corrected chi connectivity index (χ1v) is 4.11. The van der Waals surface area contributed by atoms with E-state index in [1.165, 1.54) is 0 Å². The summed E-state index contributed by atoms with van der Waals surface area (Å²) in [7, 11) is -3.27. The maximum atomic E-state index is 10.9. The van der Waals surface area contributed by atoms with Crippen LogP contribution in [-0.2, 0) is 16.6 Å². The highest BCUT2D eigenvalue weighted by Crippen LogP contribution is 2.19. The summed E-state index contributed by atoms with van der Waals surface area (Å²) in [6, 6.07) is 0. The molecule has 0 aromatic carbocycles. The van der Waals surface area contributed by atoms with Crippen molar-refractivity contribution >= 4 is 10.0 Å². The quantitative estimate of drug-likeness (QED) is 0.553. The number of sulfonamides is 1. The molecular formula is C4H4N2O3S. The van der Waals surface area contributed by atoms with Crippen LogP contribution in [0.1, 0.15) is 5.69 Å². The van der Waals surface area contributed by atoms with Gasteiger partial charge in [0, 0.05) is 0 Å². The molecule has 1 aliphatic heterocycles. The van der Waals surface area contributed by atoms with Gasteiger partial charge in [0.15, 0.2) is 0 Å². The standard InChI is InChI=1S/C4H4N2O3S/c7-10(8)4-2-9-6-3(4)1-5-10/h2,5H,1H2. The summed E-state index contributed by atoms with van der Waals surface area (Å²) < 4.78 is 28.6. The maximum absolute atomic E-state index is 10.9. The Morgan fingerprint density at radius 1 is 1.70 bits per heavy atom. The largest absolute Gasteiger partial charge is 0.363 e. The van der Waals surface area contributed by atoms with Gasteiger partial charge in [-0.25, -0.2) is 13.1 Å². The number of hydrogen-bond acceptors (Lipinski definition) is 4. The Kier molecular flexibility index (Phi) is 0.930. The lowest BCUT2D eigenvalue weighted by Gasteiger charge is -1.87. The third-order valence-electron chi connectivity index (χ3n) is 1.33. The third kappa shape index (κ3) is 0.598. The second kappa shape index (κ2) is 1.58. The highest BCUT2D eigenvalue weighted by atomic mass is 32.2. The zero-order valence-corrected chi connectivity index (χ0v) is 5.68. The molecule has 1 aromatic heterocycles. The predicted octanol–water partition coefficient (Wildman–Crippen LogP) is -0.534. The van der Waals surface area contributed by atoms with E-state index in [0.29, 0.717) is 5.69 Å². The van der Waals surface area contributed by atoms with E-state index in [1.54, 1.807) is 0 Å². The van der Waals surface area contributed by atoms with Gasteiger partial charge in [-0.1, -0.05) is 5.16 Å². The van der Waals surface area contributed by atoms with Gasteiger partial charge < -0.3 is 4.52 Å². The van der Waals surface area contributed by atoms with Crippen molar-refractivity contribution in [3.05, 3.63) is 12.0 Å². The summed E-state index contributed by atoms with van der Waals surface area (Å²) in [5, 5.41) is 3.48. The first kappa shape index (κ1) is 5.87. The number of nitrogens with one attached hydrogen (secondary N) is 1. The van der Waals surface area contributed by atoms with Gasteiger partial charge in [-0.3, -0.25) is 0 Å². The highest BCUT2D eigenvalue weighted by Gasteiger charge is 2.28. The Balaban J connectivity index is 2.76. The molecule has 54 valence electrons. The zero-order chi connectivity index (χ0) is 7.19. The van der Waals surface area contributed by atoms with E-state index in [1.807, 2.05) is 0 Å². The number of nitrogens with zero attached hydrogens (tertiary/aromatic N) is 1. The number of rotatable bonds is 0. The molecule has 6 heteroatoms. The average molecular weight is 160 g/mol. The van der Waals surface area contributed by atoms with Crippen LogP contribution in [0.4, 0.5) is 0 Å². The fraction of sp³-hybridized carbons (Fsp3) is 0.250. The second-order valence-electron chi connectivity index (χ2n) is 1.95. The van der Waals surface area contributed by atoms with Gasteiger partial charge in [-0.15, -0.1) is 0 Å². The van der Waals surface area contributed by atoms with Crippen molar-refractivity contribution in [3.63, 3.8) is 0 Å². The van der Waals surface area contributed by atoms with Crippen molar-refractivity contribution in [2.45, 2.75) is 11.4 Å². The first-order valence-electron chi connectivity index (χ1n) is 2.63. The molecule has 0 aliphatic carbocycles. The van der Waals surface area contributed by atoms with Crippen LogP contribution in [0, 0.1) is 0 Å². The van der Waals surface area contributed by atoms with E-state index in [0.717, 1.165) is 6.26 Å². The lowest BCUT2D eigenvalue weighted by atomic mass is 10.4. The molecule has 2 rings (SSSR count). The summed E-state index contributed by atoms with van der Waals surface area (Å²) in [5.41, 5.74) is 0.458. The summed E-state index contributed by atoms with van der Waals surface area (Å²) in [6.45, 7) is 0.244. The molecule has 5 nitrogen and oxygen atoms in total. The molecule has 0 saturated heterocycles. The highest BCUT2D eigenvalue weighted by molar-refractivity contribution is 7.89. The van der Waals surface area contributed by atoms with Gasteiger partial charge in [0.2, 0.25) is 10.0 Å². The molecule has 2 heterocycles. The molecule has 1 N–H and O–H groups in total. The molecule has 0 atom stereocenters. The van der Waals surface area contributed by atoms with Crippen molar-refractivity contribution in [2.75, 3.05) is 0 Å². The van der Waals surface area contributed by atoms with Crippen LogP contribution in [0.25, 0.3) is 0 Å². The molecule has 0 radical (unpaired) electrons. The normalized spacial score (nSPS) is 20.8. The van der Waals surface area contributed by atoms with Gasteiger partial charge in [0.25, 0.3) is 0 Å². The lowest BCUT2D eigenvalue weighted by molar-refractivity contribution is 0.408. The zero-order valence-electron chi connectivity index (χ0n) is 4.86. The fourth-order valence-electron chi connectivity index (χ4n) is 0.830. The minimum atomic E-state index is -3.27. The average Bonchev–Trinajstić information content (AvgIpc) is 2.36. The van der Waals surface area contributed by atoms with E-state index in [2.05, 4.69) is 14.4 Å². The van der Waals surface area contributed by atoms with Crippen LogP contribution < -0.4 is 4.72 Å². The smallest absolute Gasteiger partial charge is 0.246 e. The number of hydrogen-bond donors (Lipinski definition) is 1. The van der Waals surface area contributed by atoms with Gasteiger partial charge in [0.1, 0.15) is 16.9 Å². The molecule has 0 amide bonds. The van der Waals surface area contributed by atoms with Gasteiger partial charge in [-0.2, -0.15) is 0 Å². The maximum Gasteiger partial charge on any atom is 0.246 e. The van der Waals surface area contributed by atoms with Gasteiger partial charge >= 0.3 is 0 Å². The Morgan fingerprint density at radius 3 is 3.20 bits per heavy atom. The first-order chi connectivity index (χ1) is 4.70. The fourth-order valence-corrected chi connectivity index (χ4v) is 1.90. The van der Waals surface area contributed by atoms with Gasteiger partial charge in [0.05, 0.1) is 6.54 Å². The molecule has 1 aliphatic rings. The van der Waals surface area contributed by atoms with Crippen LogP contribution in [0.2, 0.25) is 0 Å². The topological polar surface area (TPSA) is 72.2 Å². The van der Waals surface area contributed by atoms with E-state index < -0.39 is 10.0 Å². The minimum Gasteiger partial charge on any atom is -0.363 e. The number of aromatic nitrogens is 1. The summed E-state index contributed by atoms with van der Waals surface area (Å²) >= 11 is 0. The molecule has 0 unspecified atom stereocenters. The monoisotopic (exact) mass is 160 g/mol. The van der Waals surface area contributed by atoms with Crippen LogP contribution in [0.5, 0.6) is 0 Å². The molecule has 1 aromatic rings. The number of fused-ring (bicyclic) bond motifs is 1. The van der Waals surface area contributed by atoms with Gasteiger partial charge in [-0.05, 0) is 0 Å². The van der Waals surface area contributed by atoms with Crippen LogP contribution in [0.3, 0.4) is 0 Å². The Bertz CT molecular complexity index is 352. The Hall–Kier alpha value is -0.880. The third-order valence-corrected chi connectivity index (χ3v) is 2.76. The molecule has 0 saturated carbocycles. The summed E-state index contributed by atoms with van der Waals surface area (Å²) in [6.07, 6.45) is 1.13. The van der Waals surface area contributed by atoms with Crippen molar-refractivity contribution in [3.8, 4) is 0 Å². The van der Waals surface area contributed by atoms with E-state index in [-0.39, 0.29) is 11.4 Å². The Morgan fingerprint density at radius 2 is 2.50 bits per heavy atom. The summed E-state index contributed by atoms with van der Waals surface area (Å²) in [5.74, 6) is 0.